The summed E-state index contributed by atoms with van der Waals surface area (Å²) >= 11 is 4.88. The average molecular weight is 473 g/mol. The van der Waals surface area contributed by atoms with Crippen molar-refractivity contribution in [2.45, 2.75) is 18.3 Å². The molecule has 0 aliphatic carbocycles. The summed E-state index contributed by atoms with van der Waals surface area (Å²) in [6.07, 6.45) is 1.14. The SMILES string of the molecule is COc1ccc(C2Oc3nc(SC)nnc3-c3ccccc3N2C(C)=O)cc1Br. The van der Waals surface area contributed by atoms with Gasteiger partial charge in [0, 0.05) is 18.1 Å². The first kappa shape index (κ1) is 19.7. The molecule has 9 heteroatoms. The highest BCUT2D eigenvalue weighted by Crippen LogP contribution is 2.44. The van der Waals surface area contributed by atoms with Crippen LogP contribution in [-0.4, -0.2) is 34.5 Å². The van der Waals surface area contributed by atoms with Crippen LogP contribution in [0.15, 0.2) is 52.1 Å². The van der Waals surface area contributed by atoms with Gasteiger partial charge in [-0.05, 0) is 46.5 Å². The van der Waals surface area contributed by atoms with Crippen LogP contribution in [-0.2, 0) is 4.79 Å². The number of ether oxygens (including phenoxy) is 2. The number of methoxy groups -OCH3 is 1. The minimum Gasteiger partial charge on any atom is -0.496 e. The maximum atomic E-state index is 12.7. The standard InChI is InChI=1S/C20H17BrN4O3S/c1-11(26)25-15-7-5-4-6-13(15)17-18(22-20(29-3)24-23-17)28-19(25)12-8-9-16(27-2)14(21)10-12/h4-10,19H,1-3H3. The molecule has 1 atom stereocenters. The predicted octanol–water partition coefficient (Wildman–Crippen LogP) is 4.48. The van der Waals surface area contributed by atoms with Crippen LogP contribution in [0.5, 0.6) is 11.6 Å². The van der Waals surface area contributed by atoms with Crippen LogP contribution in [0.25, 0.3) is 11.3 Å². The zero-order valence-electron chi connectivity index (χ0n) is 15.9. The Labute approximate surface area is 180 Å². The first-order valence-corrected chi connectivity index (χ1v) is 10.7. The molecule has 0 saturated carbocycles. The highest BCUT2D eigenvalue weighted by atomic mass is 79.9. The molecule has 29 heavy (non-hydrogen) atoms. The fourth-order valence-corrected chi connectivity index (χ4v) is 4.05. The third-order valence-electron chi connectivity index (χ3n) is 4.49. The zero-order chi connectivity index (χ0) is 20.5. The molecule has 148 valence electrons. The number of nitrogens with zero attached hydrogens (tertiary/aromatic N) is 4. The summed E-state index contributed by atoms with van der Waals surface area (Å²) in [7, 11) is 1.60. The quantitative estimate of drug-likeness (QED) is 0.520. The molecule has 7 nitrogen and oxygen atoms in total. The minimum absolute atomic E-state index is 0.166. The van der Waals surface area contributed by atoms with Gasteiger partial charge in [-0.25, -0.2) is 0 Å². The number of hydrogen-bond acceptors (Lipinski definition) is 7. The Morgan fingerprint density at radius 3 is 2.72 bits per heavy atom. The number of hydrogen-bond donors (Lipinski definition) is 0. The molecule has 0 radical (unpaired) electrons. The lowest BCUT2D eigenvalue weighted by atomic mass is 10.1. The van der Waals surface area contributed by atoms with E-state index in [2.05, 4.69) is 31.1 Å². The second kappa shape index (κ2) is 8.00. The Kier molecular flexibility index (Phi) is 5.42. The van der Waals surface area contributed by atoms with Crippen LogP contribution in [0.1, 0.15) is 18.7 Å². The van der Waals surface area contributed by atoms with Crippen molar-refractivity contribution in [1.82, 2.24) is 15.2 Å². The molecule has 0 bridgehead atoms. The lowest BCUT2D eigenvalue weighted by Crippen LogP contribution is -2.36. The number of aromatic nitrogens is 3. The van der Waals surface area contributed by atoms with Crippen molar-refractivity contribution < 1.29 is 14.3 Å². The van der Waals surface area contributed by atoms with Gasteiger partial charge in [0.15, 0.2) is 5.69 Å². The number of carbonyl (C=O) groups is 1. The van der Waals surface area contributed by atoms with E-state index in [1.165, 1.54) is 18.7 Å². The Bertz CT molecular complexity index is 1100. The number of benzene rings is 2. The van der Waals surface area contributed by atoms with Crippen molar-refractivity contribution in [3.63, 3.8) is 0 Å². The van der Waals surface area contributed by atoms with Crippen LogP contribution in [0.2, 0.25) is 0 Å². The third-order valence-corrected chi connectivity index (χ3v) is 5.65. The molecule has 2 aromatic carbocycles. The number of anilines is 1. The van der Waals surface area contributed by atoms with Gasteiger partial charge >= 0.3 is 0 Å². The highest BCUT2D eigenvalue weighted by Gasteiger charge is 2.34. The monoisotopic (exact) mass is 472 g/mol. The molecule has 0 N–H and O–H groups in total. The van der Waals surface area contributed by atoms with E-state index >= 15 is 0 Å². The molecule has 0 saturated heterocycles. The van der Waals surface area contributed by atoms with E-state index in [4.69, 9.17) is 9.47 Å². The van der Waals surface area contributed by atoms with Crippen molar-refractivity contribution in [3.8, 4) is 22.9 Å². The number of thioether (sulfide) groups is 1. The third kappa shape index (κ3) is 3.56. The number of para-hydroxylation sites is 1. The smallest absolute Gasteiger partial charge is 0.247 e. The summed E-state index contributed by atoms with van der Waals surface area (Å²) < 4.78 is 12.4. The van der Waals surface area contributed by atoms with Crippen LogP contribution in [0.3, 0.4) is 0 Å². The highest BCUT2D eigenvalue weighted by molar-refractivity contribution is 9.10. The fraction of sp³-hybridized carbons (Fsp3) is 0.200. The minimum atomic E-state index is -0.733. The summed E-state index contributed by atoms with van der Waals surface area (Å²) in [5.41, 5.74) is 2.68. The number of fused-ring (bicyclic) bond motifs is 3. The van der Waals surface area contributed by atoms with E-state index in [1.54, 1.807) is 12.0 Å². The van der Waals surface area contributed by atoms with Gasteiger partial charge in [0.2, 0.25) is 23.2 Å². The van der Waals surface area contributed by atoms with Gasteiger partial charge in [0.25, 0.3) is 0 Å². The van der Waals surface area contributed by atoms with E-state index < -0.39 is 6.23 Å². The number of carbonyl (C=O) groups excluding carboxylic acids is 1. The zero-order valence-corrected chi connectivity index (χ0v) is 18.3. The van der Waals surface area contributed by atoms with E-state index in [-0.39, 0.29) is 5.91 Å². The van der Waals surface area contributed by atoms with Crippen molar-refractivity contribution in [3.05, 3.63) is 52.5 Å². The molecular formula is C20H17BrN4O3S. The Balaban J connectivity index is 1.95. The van der Waals surface area contributed by atoms with E-state index in [9.17, 15) is 4.79 Å². The summed E-state index contributed by atoms with van der Waals surface area (Å²) in [5.74, 6) is 0.851. The largest absolute Gasteiger partial charge is 0.496 e. The van der Waals surface area contributed by atoms with Crippen LogP contribution in [0.4, 0.5) is 5.69 Å². The van der Waals surface area contributed by atoms with E-state index in [1.807, 2.05) is 48.7 Å². The maximum absolute atomic E-state index is 12.7. The number of amides is 1. The van der Waals surface area contributed by atoms with Gasteiger partial charge in [-0.1, -0.05) is 30.0 Å². The molecule has 2 heterocycles. The molecule has 1 aliphatic rings. The topological polar surface area (TPSA) is 77.4 Å². The second-order valence-corrected chi connectivity index (χ2v) is 7.85. The Hall–Kier alpha value is -2.65. The lowest BCUT2D eigenvalue weighted by molar-refractivity contribution is -0.118. The van der Waals surface area contributed by atoms with Crippen molar-refractivity contribution in [2.75, 3.05) is 18.3 Å². The van der Waals surface area contributed by atoms with Crippen molar-refractivity contribution in [1.29, 1.82) is 0 Å². The van der Waals surface area contributed by atoms with Gasteiger partial charge in [-0.15, -0.1) is 10.2 Å². The van der Waals surface area contributed by atoms with Crippen LogP contribution < -0.4 is 14.4 Å². The van der Waals surface area contributed by atoms with Gasteiger partial charge in [0.05, 0.1) is 17.3 Å². The first-order chi connectivity index (χ1) is 14.0. The normalized spacial score (nSPS) is 15.0. The molecule has 0 fully saturated rings. The molecule has 0 spiro atoms. The van der Waals surface area contributed by atoms with E-state index in [0.29, 0.717) is 28.2 Å². The van der Waals surface area contributed by atoms with Gasteiger partial charge < -0.3 is 9.47 Å². The van der Waals surface area contributed by atoms with Gasteiger partial charge in [-0.3, -0.25) is 9.69 Å². The average Bonchev–Trinajstić information content (AvgIpc) is 2.87. The summed E-state index contributed by atoms with van der Waals surface area (Å²) in [6.45, 7) is 1.51. The molecule has 3 aromatic rings. The predicted molar refractivity (Wildman–Crippen MR) is 114 cm³/mol. The number of halogens is 1. The Morgan fingerprint density at radius 2 is 2.03 bits per heavy atom. The van der Waals surface area contributed by atoms with Crippen LogP contribution >= 0.6 is 27.7 Å². The Morgan fingerprint density at radius 1 is 1.24 bits per heavy atom. The second-order valence-electron chi connectivity index (χ2n) is 6.22. The summed E-state index contributed by atoms with van der Waals surface area (Å²) in [4.78, 5) is 18.8. The van der Waals surface area contributed by atoms with Gasteiger partial charge in [0.1, 0.15) is 5.75 Å². The van der Waals surface area contributed by atoms with Gasteiger partial charge in [-0.2, -0.15) is 4.98 Å². The maximum Gasteiger partial charge on any atom is 0.247 e. The summed E-state index contributed by atoms with van der Waals surface area (Å²) in [5, 5.41) is 8.98. The molecule has 1 unspecified atom stereocenters. The molecular weight excluding hydrogens is 456 g/mol. The number of rotatable bonds is 3. The lowest BCUT2D eigenvalue weighted by Gasteiger charge is -2.30. The molecule has 1 aromatic heterocycles. The molecule has 1 aliphatic heterocycles. The van der Waals surface area contributed by atoms with Crippen molar-refractivity contribution >= 4 is 39.3 Å². The summed E-state index contributed by atoms with van der Waals surface area (Å²) in [6, 6.07) is 13.1. The van der Waals surface area contributed by atoms with Crippen LogP contribution in [0, 0.1) is 0 Å². The van der Waals surface area contributed by atoms with Crippen molar-refractivity contribution in [2.24, 2.45) is 0 Å². The molecule has 4 rings (SSSR count). The fourth-order valence-electron chi connectivity index (χ4n) is 3.19. The van der Waals surface area contributed by atoms with E-state index in [0.717, 1.165) is 15.6 Å². The molecule has 1 amide bonds. The first-order valence-electron chi connectivity index (χ1n) is 8.71.